The van der Waals surface area contributed by atoms with Crippen LogP contribution in [0.4, 0.5) is 5.69 Å². The first-order valence-electron chi connectivity index (χ1n) is 5.72. The van der Waals surface area contributed by atoms with Gasteiger partial charge < -0.3 is 15.2 Å². The molecule has 0 aliphatic heterocycles. The van der Waals surface area contributed by atoms with E-state index < -0.39 is 5.97 Å². The number of aromatic nitrogens is 2. The van der Waals surface area contributed by atoms with Crippen LogP contribution >= 0.6 is 0 Å². The van der Waals surface area contributed by atoms with E-state index in [1.165, 1.54) is 18.5 Å². The molecule has 6 nitrogen and oxygen atoms in total. The molecule has 0 unspecified atom stereocenters. The first-order chi connectivity index (χ1) is 9.22. The molecule has 0 saturated carbocycles. The fraction of sp³-hybridized carbons (Fsp3) is 0.154. The summed E-state index contributed by atoms with van der Waals surface area (Å²) >= 11 is 0. The number of hydrogen-bond acceptors (Lipinski definition) is 6. The quantitative estimate of drug-likeness (QED) is 0.845. The maximum atomic E-state index is 11.7. The van der Waals surface area contributed by atoms with Gasteiger partial charge in [-0.25, -0.2) is 9.78 Å². The molecule has 0 bridgehead atoms. The van der Waals surface area contributed by atoms with Crippen molar-refractivity contribution in [3.8, 4) is 11.6 Å². The highest BCUT2D eigenvalue weighted by Crippen LogP contribution is 2.27. The maximum absolute atomic E-state index is 11.7. The molecule has 0 aliphatic carbocycles. The second-order valence-corrected chi connectivity index (χ2v) is 3.59. The van der Waals surface area contributed by atoms with Crippen LogP contribution in [0.15, 0.2) is 36.8 Å². The van der Waals surface area contributed by atoms with Crippen molar-refractivity contribution in [2.45, 2.75) is 6.92 Å². The number of nitrogens with two attached hydrogens (primary N) is 1. The van der Waals surface area contributed by atoms with Crippen molar-refractivity contribution in [3.05, 3.63) is 42.4 Å². The van der Waals surface area contributed by atoms with Crippen molar-refractivity contribution in [3.63, 3.8) is 0 Å². The summed E-state index contributed by atoms with van der Waals surface area (Å²) in [7, 11) is 0. The number of rotatable bonds is 4. The molecule has 0 aliphatic rings. The molecule has 2 N–H and O–H groups in total. The van der Waals surface area contributed by atoms with E-state index in [-0.39, 0.29) is 23.7 Å². The Bertz CT molecular complexity index is 573. The highest BCUT2D eigenvalue weighted by Gasteiger charge is 2.15. The molecule has 98 valence electrons. The zero-order chi connectivity index (χ0) is 13.7. The van der Waals surface area contributed by atoms with E-state index >= 15 is 0 Å². The third-order valence-corrected chi connectivity index (χ3v) is 2.30. The molecular formula is C13H13N3O3. The van der Waals surface area contributed by atoms with Gasteiger partial charge in [0.15, 0.2) is 0 Å². The van der Waals surface area contributed by atoms with Gasteiger partial charge in [-0.1, -0.05) is 0 Å². The van der Waals surface area contributed by atoms with Crippen molar-refractivity contribution in [1.29, 1.82) is 0 Å². The number of nitrogen functional groups attached to an aromatic ring is 1. The lowest BCUT2D eigenvalue weighted by atomic mass is 10.2. The smallest absolute Gasteiger partial charge is 0.340 e. The third kappa shape index (κ3) is 2.98. The van der Waals surface area contributed by atoms with Crippen LogP contribution in [-0.2, 0) is 4.74 Å². The first kappa shape index (κ1) is 12.8. The van der Waals surface area contributed by atoms with Crippen LogP contribution < -0.4 is 10.5 Å². The molecule has 19 heavy (non-hydrogen) atoms. The van der Waals surface area contributed by atoms with Crippen molar-refractivity contribution < 1.29 is 14.3 Å². The Kier molecular flexibility index (Phi) is 3.92. The number of anilines is 1. The average Bonchev–Trinajstić information content (AvgIpc) is 2.42. The minimum atomic E-state index is -0.501. The number of carbonyl (C=O) groups excluding carboxylic acids is 1. The van der Waals surface area contributed by atoms with Crippen molar-refractivity contribution >= 4 is 11.7 Å². The molecule has 0 amide bonds. The lowest BCUT2D eigenvalue weighted by molar-refractivity contribution is 0.0527. The van der Waals surface area contributed by atoms with Crippen LogP contribution in [0.25, 0.3) is 0 Å². The monoisotopic (exact) mass is 259 g/mol. The van der Waals surface area contributed by atoms with E-state index in [0.29, 0.717) is 5.75 Å². The van der Waals surface area contributed by atoms with Gasteiger partial charge in [-0.2, -0.15) is 0 Å². The summed E-state index contributed by atoms with van der Waals surface area (Å²) in [5.41, 5.74) is 6.23. The van der Waals surface area contributed by atoms with Gasteiger partial charge in [0.25, 0.3) is 0 Å². The molecule has 0 fully saturated rings. The van der Waals surface area contributed by atoms with Crippen LogP contribution in [0.3, 0.4) is 0 Å². The average molecular weight is 259 g/mol. The van der Waals surface area contributed by atoms with Crippen LogP contribution in [0, 0.1) is 0 Å². The molecule has 0 spiro atoms. The third-order valence-electron chi connectivity index (χ3n) is 2.30. The Morgan fingerprint density at radius 1 is 1.37 bits per heavy atom. The van der Waals surface area contributed by atoms with E-state index in [0.717, 1.165) is 0 Å². The lowest BCUT2D eigenvalue weighted by Gasteiger charge is -2.09. The van der Waals surface area contributed by atoms with E-state index in [1.807, 2.05) is 0 Å². The number of esters is 1. The molecule has 6 heteroatoms. The number of nitrogens with zero attached hydrogens (tertiary/aromatic N) is 2. The standard InChI is InChI=1S/C13H13N3O3/c1-2-18-13(17)10-5-7-16-12(11(10)14)19-9-4-3-6-15-8-9/h3-8H,2,14H2,1H3. The SMILES string of the molecule is CCOC(=O)c1ccnc(Oc2cccnc2)c1N. The minimum absolute atomic E-state index is 0.143. The molecule has 0 saturated heterocycles. The van der Waals surface area contributed by atoms with E-state index in [4.69, 9.17) is 15.2 Å². The summed E-state index contributed by atoms with van der Waals surface area (Å²) in [6, 6.07) is 4.93. The highest BCUT2D eigenvalue weighted by molar-refractivity contribution is 5.96. The largest absolute Gasteiger partial charge is 0.462 e. The Morgan fingerprint density at radius 3 is 2.89 bits per heavy atom. The van der Waals surface area contributed by atoms with Gasteiger partial charge in [0.1, 0.15) is 11.4 Å². The molecule has 0 radical (unpaired) electrons. The first-order valence-corrected chi connectivity index (χ1v) is 5.72. The summed E-state index contributed by atoms with van der Waals surface area (Å²) in [5, 5.41) is 0. The van der Waals surface area contributed by atoms with Crippen molar-refractivity contribution in [2.75, 3.05) is 12.3 Å². The zero-order valence-corrected chi connectivity index (χ0v) is 10.4. The number of hydrogen-bond donors (Lipinski definition) is 1. The van der Waals surface area contributed by atoms with Gasteiger partial charge in [-0.15, -0.1) is 0 Å². The Labute approximate surface area is 110 Å². The molecule has 2 aromatic rings. The highest BCUT2D eigenvalue weighted by atomic mass is 16.5. The minimum Gasteiger partial charge on any atom is -0.462 e. The van der Waals surface area contributed by atoms with Crippen LogP contribution in [0.1, 0.15) is 17.3 Å². The fourth-order valence-electron chi connectivity index (χ4n) is 1.44. The normalized spacial score (nSPS) is 9.95. The van der Waals surface area contributed by atoms with E-state index in [2.05, 4.69) is 9.97 Å². The second-order valence-electron chi connectivity index (χ2n) is 3.59. The van der Waals surface area contributed by atoms with Gasteiger partial charge in [0.2, 0.25) is 5.88 Å². The molecule has 2 heterocycles. The Balaban J connectivity index is 2.27. The summed E-state index contributed by atoms with van der Waals surface area (Å²) in [4.78, 5) is 19.6. The summed E-state index contributed by atoms with van der Waals surface area (Å²) in [6.45, 7) is 2.00. The number of pyridine rings is 2. The predicted octanol–water partition coefficient (Wildman–Crippen LogP) is 2.03. The van der Waals surface area contributed by atoms with E-state index in [1.54, 1.807) is 25.3 Å². The zero-order valence-electron chi connectivity index (χ0n) is 10.4. The topological polar surface area (TPSA) is 87.3 Å². The van der Waals surface area contributed by atoms with Gasteiger partial charge in [0.05, 0.1) is 18.4 Å². The summed E-state index contributed by atoms with van der Waals surface area (Å²) < 4.78 is 10.4. The molecule has 0 aromatic carbocycles. The second kappa shape index (κ2) is 5.81. The Hall–Kier alpha value is -2.63. The summed E-state index contributed by atoms with van der Waals surface area (Å²) in [5.74, 6) is 0.139. The fourth-order valence-corrected chi connectivity index (χ4v) is 1.44. The predicted molar refractivity (Wildman–Crippen MR) is 68.9 cm³/mol. The van der Waals surface area contributed by atoms with Crippen LogP contribution in [0.5, 0.6) is 11.6 Å². The van der Waals surface area contributed by atoms with Gasteiger partial charge in [0, 0.05) is 12.4 Å². The lowest BCUT2D eigenvalue weighted by Crippen LogP contribution is -2.09. The summed E-state index contributed by atoms with van der Waals surface area (Å²) in [6.07, 6.45) is 4.59. The molecule has 0 atom stereocenters. The number of carbonyl (C=O) groups is 1. The van der Waals surface area contributed by atoms with Crippen molar-refractivity contribution in [2.24, 2.45) is 0 Å². The van der Waals surface area contributed by atoms with Gasteiger partial charge in [-0.3, -0.25) is 4.98 Å². The molecular weight excluding hydrogens is 246 g/mol. The van der Waals surface area contributed by atoms with Crippen LogP contribution in [-0.4, -0.2) is 22.5 Å². The van der Waals surface area contributed by atoms with E-state index in [9.17, 15) is 4.79 Å². The molecule has 2 aromatic heterocycles. The van der Waals surface area contributed by atoms with Gasteiger partial charge >= 0.3 is 5.97 Å². The van der Waals surface area contributed by atoms with Gasteiger partial charge in [-0.05, 0) is 25.1 Å². The number of ether oxygens (including phenoxy) is 2. The maximum Gasteiger partial charge on any atom is 0.340 e. The van der Waals surface area contributed by atoms with Crippen LogP contribution in [0.2, 0.25) is 0 Å². The molecule has 2 rings (SSSR count). The van der Waals surface area contributed by atoms with Crippen molar-refractivity contribution in [1.82, 2.24) is 9.97 Å². The Morgan fingerprint density at radius 2 is 2.21 bits per heavy atom.